The highest BCUT2D eigenvalue weighted by atomic mass is 16.3. The molecule has 0 amide bonds. The summed E-state index contributed by atoms with van der Waals surface area (Å²) in [7, 11) is 0. The van der Waals surface area contributed by atoms with Crippen molar-refractivity contribution >= 4 is 21.9 Å². The van der Waals surface area contributed by atoms with Crippen molar-refractivity contribution in [2.75, 3.05) is 0 Å². The predicted octanol–water partition coefficient (Wildman–Crippen LogP) is 9.16. The summed E-state index contributed by atoms with van der Waals surface area (Å²) in [6.45, 7) is 4.48. The first kappa shape index (κ1) is 28.6. The molecule has 0 aliphatic heterocycles. The first-order valence-electron chi connectivity index (χ1n) is 15.9. The Morgan fingerprint density at radius 1 is 0.553 bits per heavy atom. The molecule has 0 saturated carbocycles. The van der Waals surface area contributed by atoms with E-state index in [0.29, 0.717) is 0 Å². The van der Waals surface area contributed by atoms with E-state index in [9.17, 15) is 0 Å². The van der Waals surface area contributed by atoms with E-state index >= 15 is 0 Å². The average molecular weight is 608 g/mol. The van der Waals surface area contributed by atoms with Crippen LogP contribution in [0.25, 0.3) is 27.6 Å². The van der Waals surface area contributed by atoms with Gasteiger partial charge in [-0.2, -0.15) is 0 Å². The van der Waals surface area contributed by atoms with E-state index < -0.39 is 10.8 Å². The number of hydrogen-bond donors (Lipinski definition) is 0. The van der Waals surface area contributed by atoms with Gasteiger partial charge in [-0.3, -0.25) is 14.5 Å². The number of benzene rings is 4. The van der Waals surface area contributed by atoms with Crippen LogP contribution >= 0.6 is 0 Å². The van der Waals surface area contributed by atoms with E-state index in [0.717, 1.165) is 61.3 Å². The van der Waals surface area contributed by atoms with Gasteiger partial charge in [0, 0.05) is 28.6 Å². The lowest BCUT2D eigenvalue weighted by Gasteiger charge is -2.32. The monoisotopic (exact) mass is 607 g/mol. The first-order valence-corrected chi connectivity index (χ1v) is 15.9. The molecule has 4 aromatic carbocycles. The molecule has 0 N–H and O–H groups in total. The Morgan fingerprint density at radius 3 is 1.81 bits per heavy atom. The molecule has 2 atom stereocenters. The van der Waals surface area contributed by atoms with Crippen LogP contribution in [0.4, 0.5) is 0 Å². The van der Waals surface area contributed by atoms with Crippen LogP contribution in [0.15, 0.2) is 169 Å². The molecular formula is C43H33N3O. The van der Waals surface area contributed by atoms with Crippen molar-refractivity contribution in [3.63, 3.8) is 0 Å². The quantitative estimate of drug-likeness (QED) is 0.134. The van der Waals surface area contributed by atoms with Crippen LogP contribution in [-0.2, 0) is 10.8 Å². The highest BCUT2D eigenvalue weighted by Crippen LogP contribution is 2.42. The molecular weight excluding hydrogens is 574 g/mol. The van der Waals surface area contributed by atoms with E-state index in [1.165, 1.54) is 0 Å². The molecule has 0 fully saturated rings. The standard InChI is InChI=1S/C43H33N3O/c1-42(31-16-5-3-6-17-31,39-23-11-13-25-44-39)33-20-15-27-46(30-33)37-29-34(28-36-35-21-9-10-22-38(35)47-41(36)37)43(2,32-18-7-4-8-19-32)40-24-12-14-26-45-40/h3-29H,1-2H3. The molecule has 4 aromatic heterocycles. The normalized spacial score (nSPS) is 14.1. The second-order valence-corrected chi connectivity index (χ2v) is 12.3. The lowest BCUT2D eigenvalue weighted by molar-refractivity contribution is -0.599. The minimum atomic E-state index is -0.553. The predicted molar refractivity (Wildman–Crippen MR) is 187 cm³/mol. The maximum absolute atomic E-state index is 6.64. The van der Waals surface area contributed by atoms with Gasteiger partial charge in [-0.25, -0.2) is 0 Å². The third-order valence-electron chi connectivity index (χ3n) is 9.63. The molecule has 2 unspecified atom stereocenters. The molecule has 226 valence electrons. The molecule has 0 saturated heterocycles. The van der Waals surface area contributed by atoms with E-state index in [4.69, 9.17) is 14.4 Å². The molecule has 0 radical (unpaired) electrons. The molecule has 4 heteroatoms. The minimum absolute atomic E-state index is 0.547. The maximum atomic E-state index is 6.64. The van der Waals surface area contributed by atoms with E-state index in [-0.39, 0.29) is 0 Å². The first-order chi connectivity index (χ1) is 23.1. The van der Waals surface area contributed by atoms with Crippen LogP contribution in [0.3, 0.4) is 0 Å². The topological polar surface area (TPSA) is 42.8 Å². The summed E-state index contributed by atoms with van der Waals surface area (Å²) in [5, 5.41) is 2.12. The van der Waals surface area contributed by atoms with Gasteiger partial charge in [0.1, 0.15) is 5.58 Å². The van der Waals surface area contributed by atoms with Gasteiger partial charge in [-0.05, 0) is 78.6 Å². The van der Waals surface area contributed by atoms with Crippen LogP contribution in [0, 0.1) is 6.20 Å². The Bertz CT molecular complexity index is 2240. The zero-order valence-corrected chi connectivity index (χ0v) is 26.3. The fraction of sp³-hybridized carbons (Fsp3) is 0.0930. The Labute approximate surface area is 274 Å². The fourth-order valence-electron chi connectivity index (χ4n) is 6.89. The zero-order valence-electron chi connectivity index (χ0n) is 26.3. The van der Waals surface area contributed by atoms with Gasteiger partial charge < -0.3 is 4.42 Å². The second kappa shape index (κ2) is 11.5. The third-order valence-corrected chi connectivity index (χ3v) is 9.63. The smallest absolute Gasteiger partial charge is 0.176 e. The van der Waals surface area contributed by atoms with Crippen molar-refractivity contribution in [3.8, 4) is 5.69 Å². The van der Waals surface area contributed by atoms with E-state index in [1.807, 2.05) is 48.8 Å². The zero-order chi connectivity index (χ0) is 31.8. The summed E-state index contributed by atoms with van der Waals surface area (Å²) in [6.07, 6.45) is 9.58. The van der Waals surface area contributed by atoms with Crippen molar-refractivity contribution in [1.82, 2.24) is 9.97 Å². The maximum Gasteiger partial charge on any atom is 0.176 e. The van der Waals surface area contributed by atoms with Gasteiger partial charge in [-0.15, -0.1) is 6.07 Å². The Balaban J connectivity index is 1.41. The summed E-state index contributed by atoms with van der Waals surface area (Å²) in [5.41, 5.74) is 7.79. The van der Waals surface area contributed by atoms with Gasteiger partial charge in [0.05, 0.1) is 23.0 Å². The largest absolute Gasteiger partial charge is 0.459 e. The van der Waals surface area contributed by atoms with E-state index in [2.05, 4.69) is 140 Å². The number of nitrogens with zero attached hydrogens (tertiary/aromatic N) is 3. The Morgan fingerprint density at radius 2 is 1.15 bits per heavy atom. The number of aromatic nitrogens is 3. The van der Waals surface area contributed by atoms with Crippen molar-refractivity contribution < 1.29 is 8.98 Å². The molecule has 0 spiro atoms. The fourth-order valence-corrected chi connectivity index (χ4v) is 6.89. The van der Waals surface area contributed by atoms with Gasteiger partial charge in [0.15, 0.2) is 17.5 Å². The minimum Gasteiger partial charge on any atom is -0.459 e. The lowest BCUT2D eigenvalue weighted by Crippen LogP contribution is -2.36. The van der Waals surface area contributed by atoms with E-state index in [1.54, 1.807) is 0 Å². The second-order valence-electron chi connectivity index (χ2n) is 12.3. The molecule has 0 aliphatic rings. The highest BCUT2D eigenvalue weighted by Gasteiger charge is 2.35. The molecule has 8 rings (SSSR count). The van der Waals surface area contributed by atoms with Gasteiger partial charge >= 0.3 is 0 Å². The van der Waals surface area contributed by atoms with Gasteiger partial charge in [0.25, 0.3) is 0 Å². The summed E-state index contributed by atoms with van der Waals surface area (Å²) < 4.78 is 8.72. The van der Waals surface area contributed by atoms with Crippen molar-refractivity contribution in [2.24, 2.45) is 0 Å². The summed E-state index contributed by atoms with van der Waals surface area (Å²) in [5.74, 6) is 0. The molecule has 47 heavy (non-hydrogen) atoms. The highest BCUT2D eigenvalue weighted by molar-refractivity contribution is 6.07. The summed E-state index contributed by atoms with van der Waals surface area (Å²) in [6, 6.07) is 50.4. The number of pyridine rings is 3. The molecule has 4 heterocycles. The van der Waals surface area contributed by atoms with Crippen LogP contribution in [0.2, 0.25) is 0 Å². The number of furan rings is 1. The van der Waals surface area contributed by atoms with Crippen LogP contribution in [-0.4, -0.2) is 9.97 Å². The molecule has 0 bridgehead atoms. The van der Waals surface area contributed by atoms with Gasteiger partial charge in [-0.1, -0.05) is 97.1 Å². The van der Waals surface area contributed by atoms with Crippen molar-refractivity contribution in [3.05, 3.63) is 204 Å². The number of fused-ring (bicyclic) bond motifs is 3. The van der Waals surface area contributed by atoms with Crippen LogP contribution < -0.4 is 4.57 Å². The molecule has 0 aliphatic carbocycles. The van der Waals surface area contributed by atoms with Crippen molar-refractivity contribution in [1.29, 1.82) is 0 Å². The SMILES string of the molecule is CC(c1[c-][n+](-c2cc(C(C)(c3ccccc3)c3ccccn3)cc3c2oc2ccccc23)ccc1)(c1ccccc1)c1ccccn1. The average Bonchev–Trinajstić information content (AvgIpc) is 3.54. The third kappa shape index (κ3) is 4.72. The van der Waals surface area contributed by atoms with Crippen molar-refractivity contribution in [2.45, 2.75) is 24.7 Å². The van der Waals surface area contributed by atoms with Crippen LogP contribution in [0.5, 0.6) is 0 Å². The number of hydrogen-bond acceptors (Lipinski definition) is 3. The lowest BCUT2D eigenvalue weighted by atomic mass is 9.73. The van der Waals surface area contributed by atoms with Crippen LogP contribution in [0.1, 0.15) is 47.5 Å². The number of rotatable bonds is 7. The summed E-state index contributed by atoms with van der Waals surface area (Å²) >= 11 is 0. The molecule has 4 nitrogen and oxygen atoms in total. The Kier molecular flexibility index (Phi) is 6.99. The Hall–Kier alpha value is -5.87. The molecule has 8 aromatic rings. The summed E-state index contributed by atoms with van der Waals surface area (Å²) in [4.78, 5) is 9.75. The number of para-hydroxylation sites is 1. The van der Waals surface area contributed by atoms with Gasteiger partial charge in [0.2, 0.25) is 0 Å².